The third kappa shape index (κ3) is 8.25. The van der Waals surface area contributed by atoms with E-state index in [1.165, 1.54) is 12.3 Å². The molecule has 1 saturated carbocycles. The van der Waals surface area contributed by atoms with E-state index in [1.807, 2.05) is 5.43 Å². The van der Waals surface area contributed by atoms with E-state index in [4.69, 9.17) is 11.6 Å². The highest BCUT2D eigenvalue weighted by molar-refractivity contribution is 5.63. The highest BCUT2D eigenvalue weighted by Crippen LogP contribution is 2.33. The number of hydrazine groups is 1. The summed E-state index contributed by atoms with van der Waals surface area (Å²) >= 11 is 0. The Morgan fingerprint density at radius 1 is 1.02 bits per heavy atom. The molecule has 0 bridgehead atoms. The molecule has 0 aliphatic heterocycles. The average molecular weight is 591 g/mol. The van der Waals surface area contributed by atoms with Gasteiger partial charge in [0.15, 0.2) is 0 Å². The van der Waals surface area contributed by atoms with Crippen LogP contribution in [-0.4, -0.2) is 21.2 Å². The van der Waals surface area contributed by atoms with Crippen LogP contribution in [0.3, 0.4) is 0 Å². The lowest BCUT2D eigenvalue weighted by Crippen LogP contribution is -2.33. The quantitative estimate of drug-likeness (QED) is 0.207. The standard InChI is InChI=1S/C20H23F5N6O.C6H3F3/c21-18(22)17(29-27)16(26)14-9-12(11-5-2-1-3-6-11)19(32)31(30-14)10-15-13(20(23,24)25)7-4-8-28-15;7-4-1-5(8)3-6(9)2-4/h4,7-9,11,18,29H,1-3,5-6,10,26-27H2;1-3H/b17-16-;. The van der Waals surface area contributed by atoms with Gasteiger partial charge < -0.3 is 11.2 Å². The molecule has 1 aliphatic carbocycles. The van der Waals surface area contributed by atoms with Crippen LogP contribution in [0.15, 0.2) is 53.1 Å². The van der Waals surface area contributed by atoms with E-state index in [2.05, 4.69) is 10.1 Å². The molecule has 15 heteroatoms. The third-order valence-electron chi connectivity index (χ3n) is 6.31. The Morgan fingerprint density at radius 2 is 1.61 bits per heavy atom. The van der Waals surface area contributed by atoms with Crippen LogP contribution < -0.4 is 22.6 Å². The van der Waals surface area contributed by atoms with Gasteiger partial charge in [-0.15, -0.1) is 0 Å². The fraction of sp³-hybridized carbons (Fsp3) is 0.346. The Bertz CT molecular complexity index is 1380. The number of allylic oxidation sites excluding steroid dienone is 1. The number of halogens is 8. The minimum absolute atomic E-state index is 0.177. The number of hydrogen-bond acceptors (Lipinski definition) is 6. The second-order valence-corrected chi connectivity index (χ2v) is 9.14. The first-order valence-electron chi connectivity index (χ1n) is 12.3. The summed E-state index contributed by atoms with van der Waals surface area (Å²) in [7, 11) is 0. The Kier molecular flexibility index (Phi) is 10.4. The maximum absolute atomic E-state index is 13.4. The van der Waals surface area contributed by atoms with Gasteiger partial charge in [0, 0.05) is 30.0 Å². The van der Waals surface area contributed by atoms with Crippen molar-refractivity contribution in [3.63, 3.8) is 0 Å². The van der Waals surface area contributed by atoms with Crippen LogP contribution in [0, 0.1) is 17.5 Å². The highest BCUT2D eigenvalue weighted by Gasteiger charge is 2.34. The molecule has 4 rings (SSSR count). The Hall–Kier alpha value is -4.01. The molecule has 1 fully saturated rings. The Morgan fingerprint density at radius 3 is 2.12 bits per heavy atom. The summed E-state index contributed by atoms with van der Waals surface area (Å²) in [5.74, 6) is 2.29. The monoisotopic (exact) mass is 590 g/mol. The first-order valence-corrected chi connectivity index (χ1v) is 12.3. The van der Waals surface area contributed by atoms with E-state index in [0.717, 1.165) is 36.1 Å². The molecule has 1 aromatic carbocycles. The SMILES string of the molecule is Fc1cc(F)cc(F)c1.NN/C(=C(\N)c1cc(C2CCCCC2)c(=O)n(Cc2ncccc2C(F)(F)F)n1)C(F)F. The Labute approximate surface area is 228 Å². The number of nitrogens with one attached hydrogen (secondary N) is 1. The van der Waals surface area contributed by atoms with Gasteiger partial charge >= 0.3 is 6.18 Å². The molecule has 5 N–H and O–H groups in total. The second-order valence-electron chi connectivity index (χ2n) is 9.14. The summed E-state index contributed by atoms with van der Waals surface area (Å²) < 4.78 is 103. The summed E-state index contributed by atoms with van der Waals surface area (Å²) in [5.41, 5.74) is 4.43. The fourth-order valence-corrected chi connectivity index (χ4v) is 4.39. The lowest BCUT2D eigenvalue weighted by atomic mass is 9.84. The highest BCUT2D eigenvalue weighted by atomic mass is 19.4. The number of aromatic nitrogens is 3. The van der Waals surface area contributed by atoms with Crippen molar-refractivity contribution in [1.82, 2.24) is 20.2 Å². The second kappa shape index (κ2) is 13.6. The van der Waals surface area contributed by atoms with Crippen LogP contribution in [0.4, 0.5) is 35.1 Å². The van der Waals surface area contributed by atoms with Crippen LogP contribution in [0.1, 0.15) is 60.5 Å². The molecule has 7 nitrogen and oxygen atoms in total. The molecule has 222 valence electrons. The van der Waals surface area contributed by atoms with Gasteiger partial charge in [-0.2, -0.15) is 18.3 Å². The van der Waals surface area contributed by atoms with Crippen molar-refractivity contribution < 1.29 is 35.1 Å². The van der Waals surface area contributed by atoms with Crippen LogP contribution in [0.2, 0.25) is 0 Å². The molecule has 41 heavy (non-hydrogen) atoms. The van der Waals surface area contributed by atoms with Gasteiger partial charge in [-0.3, -0.25) is 15.6 Å². The molecule has 1 aliphatic rings. The number of pyridine rings is 1. The summed E-state index contributed by atoms with van der Waals surface area (Å²) in [4.78, 5) is 16.9. The number of nitrogens with two attached hydrogens (primary N) is 2. The van der Waals surface area contributed by atoms with Gasteiger partial charge in [-0.25, -0.2) is 26.6 Å². The molecule has 0 atom stereocenters. The molecule has 0 saturated heterocycles. The fourth-order valence-electron chi connectivity index (χ4n) is 4.39. The first kappa shape index (κ1) is 31.5. The normalized spacial score (nSPS) is 14.8. The van der Waals surface area contributed by atoms with E-state index in [0.29, 0.717) is 31.0 Å². The zero-order chi connectivity index (χ0) is 30.3. The van der Waals surface area contributed by atoms with Crippen LogP contribution in [0.5, 0.6) is 0 Å². The van der Waals surface area contributed by atoms with E-state index in [9.17, 15) is 39.9 Å². The Balaban J connectivity index is 0.000000436. The molecule has 0 spiro atoms. The third-order valence-corrected chi connectivity index (χ3v) is 6.31. The van der Waals surface area contributed by atoms with Crippen molar-refractivity contribution in [1.29, 1.82) is 0 Å². The van der Waals surface area contributed by atoms with Crippen molar-refractivity contribution >= 4 is 5.70 Å². The number of hydrogen-bond donors (Lipinski definition) is 3. The molecular formula is C26H26F8N6O. The number of benzene rings is 1. The molecule has 0 radical (unpaired) electrons. The van der Waals surface area contributed by atoms with E-state index < -0.39 is 64.8 Å². The molecular weight excluding hydrogens is 564 g/mol. The summed E-state index contributed by atoms with van der Waals surface area (Å²) in [6, 6.07) is 5.15. The molecule has 3 aromatic rings. The van der Waals surface area contributed by atoms with Gasteiger partial charge in [0.1, 0.15) is 28.8 Å². The van der Waals surface area contributed by atoms with Crippen LogP contribution in [0.25, 0.3) is 5.70 Å². The van der Waals surface area contributed by atoms with E-state index in [1.54, 1.807) is 0 Å². The number of alkyl halides is 5. The number of rotatable bonds is 6. The van der Waals surface area contributed by atoms with E-state index >= 15 is 0 Å². The molecule has 2 aromatic heterocycles. The van der Waals surface area contributed by atoms with Crippen molar-refractivity contribution in [2.75, 3.05) is 0 Å². The lowest BCUT2D eigenvalue weighted by Gasteiger charge is -2.23. The predicted molar refractivity (Wildman–Crippen MR) is 133 cm³/mol. The van der Waals surface area contributed by atoms with Gasteiger partial charge in [0.2, 0.25) is 0 Å². The molecule has 2 heterocycles. The first-order chi connectivity index (χ1) is 19.3. The van der Waals surface area contributed by atoms with Crippen LogP contribution in [-0.2, 0) is 12.7 Å². The average Bonchev–Trinajstić information content (AvgIpc) is 2.89. The number of nitrogens with zero attached hydrogens (tertiary/aromatic N) is 3. The maximum Gasteiger partial charge on any atom is 0.418 e. The largest absolute Gasteiger partial charge is 0.418 e. The molecule has 0 unspecified atom stereocenters. The maximum atomic E-state index is 13.4. The predicted octanol–water partition coefficient (Wildman–Crippen LogP) is 5.21. The van der Waals surface area contributed by atoms with Crippen molar-refractivity contribution in [3.05, 3.63) is 98.6 Å². The summed E-state index contributed by atoms with van der Waals surface area (Å²) in [6.45, 7) is -0.602. The minimum Gasteiger partial charge on any atom is -0.395 e. The van der Waals surface area contributed by atoms with Gasteiger partial charge in [0.25, 0.3) is 12.0 Å². The van der Waals surface area contributed by atoms with Crippen LogP contribution >= 0.6 is 0 Å². The summed E-state index contributed by atoms with van der Waals surface area (Å²) in [5, 5.41) is 3.98. The minimum atomic E-state index is -4.69. The molecule has 0 amide bonds. The van der Waals surface area contributed by atoms with Gasteiger partial charge in [-0.05, 0) is 37.0 Å². The zero-order valence-corrected chi connectivity index (χ0v) is 21.4. The lowest BCUT2D eigenvalue weighted by molar-refractivity contribution is -0.138. The van der Waals surface area contributed by atoms with E-state index in [-0.39, 0.29) is 17.2 Å². The topological polar surface area (TPSA) is 112 Å². The zero-order valence-electron chi connectivity index (χ0n) is 21.4. The van der Waals surface area contributed by atoms with Crippen molar-refractivity contribution in [2.45, 2.75) is 57.2 Å². The van der Waals surface area contributed by atoms with Gasteiger partial charge in [-0.1, -0.05) is 19.3 Å². The smallest absolute Gasteiger partial charge is 0.395 e. The van der Waals surface area contributed by atoms with Gasteiger partial charge in [0.05, 0.1) is 23.5 Å². The van der Waals surface area contributed by atoms with Crippen molar-refractivity contribution in [2.24, 2.45) is 11.6 Å². The van der Waals surface area contributed by atoms with Crippen molar-refractivity contribution in [3.8, 4) is 0 Å². The summed E-state index contributed by atoms with van der Waals surface area (Å²) in [6.07, 6.45) is -2.44.